The van der Waals surface area contributed by atoms with E-state index >= 15 is 0 Å². The van der Waals surface area contributed by atoms with Gasteiger partial charge >= 0.3 is 6.18 Å². The van der Waals surface area contributed by atoms with Gasteiger partial charge in [-0.15, -0.1) is 0 Å². The van der Waals surface area contributed by atoms with Crippen LogP contribution in [0.5, 0.6) is 0 Å². The summed E-state index contributed by atoms with van der Waals surface area (Å²) in [5.74, 6) is 0.883. The minimum absolute atomic E-state index is 0.0389. The summed E-state index contributed by atoms with van der Waals surface area (Å²) in [6.07, 6.45) is 7.38. The molecule has 1 aliphatic rings. The Hall–Kier alpha value is -1.58. The molecule has 1 fully saturated rings. The van der Waals surface area contributed by atoms with Gasteiger partial charge in [0.1, 0.15) is 5.82 Å². The van der Waals surface area contributed by atoms with Crippen LogP contribution in [0, 0.1) is 17.7 Å². The smallest absolute Gasteiger partial charge is 0.206 e. The summed E-state index contributed by atoms with van der Waals surface area (Å²) in [6, 6.07) is 4.42. The molecule has 2 rings (SSSR count). The molecule has 1 aromatic rings. The highest BCUT2D eigenvalue weighted by Crippen LogP contribution is 2.29. The van der Waals surface area contributed by atoms with Crippen molar-refractivity contribution < 1.29 is 17.6 Å². The Bertz CT molecular complexity index is 576. The first-order valence-electron chi connectivity index (χ1n) is 8.54. The maximum absolute atomic E-state index is 13.8. The normalized spacial score (nSPS) is 22.5. The Morgan fingerprint density at radius 2 is 1.83 bits per heavy atom. The summed E-state index contributed by atoms with van der Waals surface area (Å²) in [6.45, 7) is 2.29. The third-order valence-electron chi connectivity index (χ3n) is 4.59. The van der Waals surface area contributed by atoms with E-state index in [-0.39, 0.29) is 11.6 Å². The van der Waals surface area contributed by atoms with Crippen LogP contribution < -0.4 is 0 Å². The molecule has 0 aromatic heterocycles. The lowest BCUT2D eigenvalue weighted by Gasteiger charge is -2.23. The van der Waals surface area contributed by atoms with Crippen LogP contribution in [0.25, 0.3) is 6.08 Å². The van der Waals surface area contributed by atoms with E-state index in [0.29, 0.717) is 12.3 Å². The molecule has 0 atom stereocenters. The van der Waals surface area contributed by atoms with Gasteiger partial charge in [-0.25, -0.2) is 4.39 Å². The quantitative estimate of drug-likeness (QED) is 0.412. The van der Waals surface area contributed by atoms with Gasteiger partial charge in [0, 0.05) is 11.6 Å². The van der Waals surface area contributed by atoms with Gasteiger partial charge in [0.05, 0.1) is 0 Å². The highest BCUT2D eigenvalue weighted by molar-refractivity contribution is 5.51. The summed E-state index contributed by atoms with van der Waals surface area (Å²) in [5, 5.41) is 0. The van der Waals surface area contributed by atoms with Crippen molar-refractivity contribution in [2.24, 2.45) is 11.8 Å². The molecule has 0 heterocycles. The van der Waals surface area contributed by atoms with Crippen LogP contribution in [0.2, 0.25) is 0 Å². The van der Waals surface area contributed by atoms with Crippen molar-refractivity contribution in [2.75, 3.05) is 0 Å². The molecule has 1 aromatic carbocycles. The number of allylic oxidation sites excluding steroid dienone is 3. The molecule has 0 spiro atoms. The first kappa shape index (κ1) is 18.8. The molecular weight excluding hydrogens is 316 g/mol. The number of hydrogen-bond donors (Lipinski definition) is 0. The van der Waals surface area contributed by atoms with Gasteiger partial charge in [-0.05, 0) is 55.2 Å². The molecule has 0 unspecified atom stereocenters. The lowest BCUT2D eigenvalue weighted by molar-refractivity contribution is -0.0790. The second-order valence-corrected chi connectivity index (χ2v) is 6.72. The minimum atomic E-state index is -4.42. The number of rotatable bonds is 5. The van der Waals surface area contributed by atoms with Gasteiger partial charge in [-0.1, -0.05) is 44.1 Å². The van der Waals surface area contributed by atoms with Crippen molar-refractivity contribution in [1.82, 2.24) is 0 Å². The highest BCUT2D eigenvalue weighted by Gasteiger charge is 2.22. The molecule has 0 aliphatic heterocycles. The van der Waals surface area contributed by atoms with Crippen molar-refractivity contribution in [2.45, 2.75) is 51.6 Å². The third-order valence-corrected chi connectivity index (χ3v) is 4.59. The Morgan fingerprint density at radius 3 is 2.46 bits per heavy atom. The Balaban J connectivity index is 1.83. The van der Waals surface area contributed by atoms with Crippen molar-refractivity contribution in [1.29, 1.82) is 0 Å². The summed E-state index contributed by atoms with van der Waals surface area (Å²) >= 11 is 0. The van der Waals surface area contributed by atoms with E-state index in [1.54, 1.807) is 6.07 Å². The predicted molar refractivity (Wildman–Crippen MR) is 90.1 cm³/mol. The van der Waals surface area contributed by atoms with E-state index in [2.05, 4.69) is 19.1 Å². The van der Waals surface area contributed by atoms with Gasteiger partial charge in [0.2, 0.25) is 0 Å². The van der Waals surface area contributed by atoms with Crippen LogP contribution in [0.1, 0.15) is 50.2 Å². The van der Waals surface area contributed by atoms with Crippen LogP contribution in [-0.2, 0) is 6.42 Å². The summed E-state index contributed by atoms with van der Waals surface area (Å²) < 4.78 is 50.2. The largest absolute Gasteiger partial charge is 0.409 e. The molecular formula is C20H24F4. The fourth-order valence-corrected chi connectivity index (χ4v) is 3.06. The van der Waals surface area contributed by atoms with E-state index in [9.17, 15) is 17.6 Å². The number of hydrogen-bond acceptors (Lipinski definition) is 0. The van der Waals surface area contributed by atoms with Crippen LogP contribution >= 0.6 is 0 Å². The highest BCUT2D eigenvalue weighted by atomic mass is 19.4. The average Bonchev–Trinajstić information content (AvgIpc) is 2.51. The standard InChI is InChI=1S/C20H24F4/c1-15-6-8-16(9-7-15)4-2-3-5-17-10-11-18(19(21)14-17)12-13-20(22,23)24/h2,4,10-16H,3,5-9H2,1H3/b4-2+,13-12+. The van der Waals surface area contributed by atoms with Gasteiger partial charge in [0.25, 0.3) is 0 Å². The first-order valence-corrected chi connectivity index (χ1v) is 8.54. The van der Waals surface area contributed by atoms with E-state index < -0.39 is 12.0 Å². The third kappa shape index (κ3) is 6.50. The van der Waals surface area contributed by atoms with Gasteiger partial charge in [-0.2, -0.15) is 13.2 Å². The fourth-order valence-electron chi connectivity index (χ4n) is 3.06. The topological polar surface area (TPSA) is 0 Å². The zero-order valence-corrected chi connectivity index (χ0v) is 14.0. The molecule has 4 heteroatoms. The Morgan fingerprint density at radius 1 is 1.12 bits per heavy atom. The second-order valence-electron chi connectivity index (χ2n) is 6.72. The monoisotopic (exact) mass is 340 g/mol. The zero-order valence-electron chi connectivity index (χ0n) is 14.0. The fraction of sp³-hybridized carbons (Fsp3) is 0.500. The lowest BCUT2D eigenvalue weighted by atomic mass is 9.83. The van der Waals surface area contributed by atoms with Crippen molar-refractivity contribution in [3.63, 3.8) is 0 Å². The summed E-state index contributed by atoms with van der Waals surface area (Å²) in [7, 11) is 0. The van der Waals surface area contributed by atoms with Gasteiger partial charge in [0.15, 0.2) is 0 Å². The molecule has 24 heavy (non-hydrogen) atoms. The number of halogens is 4. The summed E-state index contributed by atoms with van der Waals surface area (Å²) in [5.41, 5.74) is 0.765. The number of aryl methyl sites for hydroxylation is 1. The van der Waals surface area contributed by atoms with Crippen LogP contribution in [-0.4, -0.2) is 6.18 Å². The maximum atomic E-state index is 13.8. The molecule has 0 radical (unpaired) electrons. The lowest BCUT2D eigenvalue weighted by Crippen LogP contribution is -2.09. The molecule has 1 saturated carbocycles. The first-order chi connectivity index (χ1) is 11.3. The van der Waals surface area contributed by atoms with Crippen LogP contribution in [0.15, 0.2) is 36.4 Å². The molecule has 1 aliphatic carbocycles. The Labute approximate surface area is 141 Å². The number of benzene rings is 1. The molecule has 0 nitrogen and oxygen atoms in total. The van der Waals surface area contributed by atoms with Crippen LogP contribution in [0.3, 0.4) is 0 Å². The van der Waals surface area contributed by atoms with E-state index in [1.807, 2.05) is 0 Å². The summed E-state index contributed by atoms with van der Waals surface area (Å²) in [4.78, 5) is 0. The van der Waals surface area contributed by atoms with E-state index in [0.717, 1.165) is 24.0 Å². The van der Waals surface area contributed by atoms with Crippen molar-refractivity contribution in [3.8, 4) is 0 Å². The zero-order chi connectivity index (χ0) is 17.6. The second kappa shape index (κ2) is 8.50. The van der Waals surface area contributed by atoms with E-state index in [1.165, 1.54) is 37.8 Å². The molecule has 0 amide bonds. The van der Waals surface area contributed by atoms with Gasteiger partial charge in [-0.3, -0.25) is 0 Å². The molecule has 0 saturated heterocycles. The molecule has 0 N–H and O–H groups in total. The number of alkyl halides is 3. The Kier molecular flexibility index (Phi) is 6.64. The predicted octanol–water partition coefficient (Wildman–Crippen LogP) is 6.72. The van der Waals surface area contributed by atoms with Gasteiger partial charge < -0.3 is 0 Å². The average molecular weight is 340 g/mol. The SMILES string of the molecule is CC1CCC(/C=C/CCc2ccc(/C=C/C(F)(F)F)c(F)c2)CC1. The maximum Gasteiger partial charge on any atom is 0.409 e. The van der Waals surface area contributed by atoms with Crippen LogP contribution in [0.4, 0.5) is 17.6 Å². The molecule has 132 valence electrons. The molecule has 0 bridgehead atoms. The van der Waals surface area contributed by atoms with Crippen molar-refractivity contribution in [3.05, 3.63) is 53.4 Å². The minimum Gasteiger partial charge on any atom is -0.206 e. The van der Waals surface area contributed by atoms with E-state index in [4.69, 9.17) is 0 Å². The van der Waals surface area contributed by atoms with Crippen molar-refractivity contribution >= 4 is 6.08 Å².